The van der Waals surface area contributed by atoms with E-state index in [2.05, 4.69) is 223 Å². The molecular weight excluding hydrogens is 715 g/mol. The number of rotatable bonds is 5. The van der Waals surface area contributed by atoms with Crippen LogP contribution in [0, 0.1) is 0 Å². The molecule has 0 bridgehead atoms. The maximum Gasteiger partial charge on any atom is 0.131 e. The molecule has 0 saturated heterocycles. The van der Waals surface area contributed by atoms with E-state index in [4.69, 9.17) is 4.99 Å². The first-order chi connectivity index (χ1) is 29.3. The minimum atomic E-state index is -0.407. The largest absolute Gasteiger partial charge is 0.350 e. The van der Waals surface area contributed by atoms with Gasteiger partial charge in [0.1, 0.15) is 18.2 Å². The van der Waals surface area contributed by atoms with Crippen LogP contribution in [0.1, 0.15) is 51.3 Å². The molecule has 0 radical (unpaired) electrons. The molecule has 3 heteroatoms. The Labute approximate surface area is 344 Å². The summed E-state index contributed by atoms with van der Waals surface area (Å²) < 4.78 is 0. The molecule has 0 aromatic heterocycles. The zero-order valence-corrected chi connectivity index (χ0v) is 32.3. The van der Waals surface area contributed by atoms with E-state index in [1.54, 1.807) is 0 Å². The fourth-order valence-electron chi connectivity index (χ4n) is 10.2. The zero-order chi connectivity index (χ0) is 38.9. The van der Waals surface area contributed by atoms with Crippen molar-refractivity contribution < 1.29 is 0 Å². The summed E-state index contributed by atoms with van der Waals surface area (Å²) in [6.45, 7) is 0. The fraction of sp³-hybridized carbons (Fsp3) is 0.0536. The lowest BCUT2D eigenvalue weighted by Gasteiger charge is -2.32. The molecule has 0 saturated carbocycles. The van der Waals surface area contributed by atoms with Gasteiger partial charge in [0, 0.05) is 5.56 Å². The highest BCUT2D eigenvalue weighted by molar-refractivity contribution is 6.07. The molecule has 2 unspecified atom stereocenters. The number of benzene rings is 9. The van der Waals surface area contributed by atoms with Crippen LogP contribution in [-0.4, -0.2) is 5.84 Å². The first-order valence-electron chi connectivity index (χ1n) is 20.5. The summed E-state index contributed by atoms with van der Waals surface area (Å²) in [4.78, 5) is 5.31. The van der Waals surface area contributed by atoms with E-state index in [1.807, 2.05) is 0 Å². The van der Waals surface area contributed by atoms with E-state index in [0.29, 0.717) is 0 Å². The Morgan fingerprint density at radius 3 is 1.64 bits per heavy atom. The number of hydrogen-bond acceptors (Lipinski definition) is 3. The molecule has 59 heavy (non-hydrogen) atoms. The number of amidine groups is 1. The average Bonchev–Trinajstić information content (AvgIpc) is 3.79. The minimum absolute atomic E-state index is 0.112. The third-order valence-electron chi connectivity index (χ3n) is 12.8. The standard InChI is InChI=1S/C56H39N3/c1-3-17-37(18-4-1)53-57-54(38-19-5-2-6-20-38)59-55(58-53)41-22-15-21-40(34-41)52-42-23-8-7-16-36(42)30-32-43(52)39-31-33-47-46-26-11-14-29-50(46)56(51(47)35-39)48-27-12-9-24-44(48)45-25-10-13-28-49(45)56/h1-35,53-54,57H,(H,58,59). The highest BCUT2D eigenvalue weighted by atomic mass is 15.3. The van der Waals surface area contributed by atoms with Gasteiger partial charge in [0.05, 0.1) is 5.41 Å². The van der Waals surface area contributed by atoms with Crippen LogP contribution in [-0.2, 0) is 5.41 Å². The molecule has 2 N–H and O–H groups in total. The molecule has 9 aromatic carbocycles. The van der Waals surface area contributed by atoms with Gasteiger partial charge in [0.25, 0.3) is 0 Å². The van der Waals surface area contributed by atoms with Gasteiger partial charge in [-0.15, -0.1) is 0 Å². The molecule has 12 rings (SSSR count). The fourth-order valence-corrected chi connectivity index (χ4v) is 10.2. The summed E-state index contributed by atoms with van der Waals surface area (Å²) in [7, 11) is 0. The van der Waals surface area contributed by atoms with Crippen molar-refractivity contribution in [1.82, 2.24) is 10.6 Å². The van der Waals surface area contributed by atoms with Crippen LogP contribution >= 0.6 is 0 Å². The second kappa shape index (κ2) is 13.4. The Kier molecular flexibility index (Phi) is 7.66. The number of nitrogens with one attached hydrogen (secondary N) is 2. The van der Waals surface area contributed by atoms with Crippen LogP contribution in [0.2, 0.25) is 0 Å². The van der Waals surface area contributed by atoms with Crippen molar-refractivity contribution in [3.63, 3.8) is 0 Å². The number of aliphatic imine (C=N–C) groups is 1. The molecule has 0 amide bonds. The van der Waals surface area contributed by atoms with Gasteiger partial charge in [-0.05, 0) is 101 Å². The lowest BCUT2D eigenvalue weighted by atomic mass is 9.70. The van der Waals surface area contributed by atoms with Gasteiger partial charge in [-0.3, -0.25) is 5.32 Å². The van der Waals surface area contributed by atoms with Crippen LogP contribution in [0.3, 0.4) is 0 Å². The Hall–Kier alpha value is -7.33. The summed E-state index contributed by atoms with van der Waals surface area (Å²) in [6, 6.07) is 77.7. The maximum absolute atomic E-state index is 5.31. The lowest BCUT2D eigenvalue weighted by molar-refractivity contribution is 0.409. The Morgan fingerprint density at radius 1 is 0.390 bits per heavy atom. The summed E-state index contributed by atoms with van der Waals surface area (Å²) >= 11 is 0. The van der Waals surface area contributed by atoms with Crippen molar-refractivity contribution in [2.24, 2.45) is 4.99 Å². The predicted octanol–water partition coefficient (Wildman–Crippen LogP) is 12.9. The molecule has 1 spiro atoms. The third-order valence-corrected chi connectivity index (χ3v) is 12.8. The highest BCUT2D eigenvalue weighted by Gasteiger charge is 2.51. The summed E-state index contributed by atoms with van der Waals surface area (Å²) in [5.41, 5.74) is 18.4. The molecule has 9 aromatic rings. The van der Waals surface area contributed by atoms with Gasteiger partial charge < -0.3 is 5.32 Å². The van der Waals surface area contributed by atoms with Crippen LogP contribution in [0.5, 0.6) is 0 Å². The first kappa shape index (κ1) is 33.8. The van der Waals surface area contributed by atoms with Crippen LogP contribution < -0.4 is 10.6 Å². The van der Waals surface area contributed by atoms with E-state index in [-0.39, 0.29) is 12.3 Å². The predicted molar refractivity (Wildman–Crippen MR) is 242 cm³/mol. The first-order valence-corrected chi connectivity index (χ1v) is 20.5. The second-order valence-corrected chi connectivity index (χ2v) is 15.9. The zero-order valence-electron chi connectivity index (χ0n) is 32.3. The van der Waals surface area contributed by atoms with Crippen LogP contribution in [0.25, 0.3) is 55.3 Å². The van der Waals surface area contributed by atoms with Gasteiger partial charge in [0.2, 0.25) is 0 Å². The van der Waals surface area contributed by atoms with Crippen molar-refractivity contribution >= 4 is 16.6 Å². The normalized spacial score (nSPS) is 16.8. The smallest absolute Gasteiger partial charge is 0.131 e. The molecule has 1 aliphatic heterocycles. The van der Waals surface area contributed by atoms with Crippen molar-refractivity contribution in [2.75, 3.05) is 0 Å². The monoisotopic (exact) mass is 753 g/mol. The van der Waals surface area contributed by atoms with Crippen LogP contribution in [0.4, 0.5) is 0 Å². The summed E-state index contributed by atoms with van der Waals surface area (Å²) in [6.07, 6.45) is -0.317. The topological polar surface area (TPSA) is 36.4 Å². The summed E-state index contributed by atoms with van der Waals surface area (Å²) in [5, 5.41) is 9.95. The van der Waals surface area contributed by atoms with E-state index in [1.165, 1.54) is 72.0 Å². The number of hydrogen-bond donors (Lipinski definition) is 2. The Bertz CT molecular complexity index is 3060. The molecule has 1 heterocycles. The average molecular weight is 754 g/mol. The van der Waals surface area contributed by atoms with Crippen molar-refractivity contribution in [2.45, 2.75) is 17.7 Å². The van der Waals surface area contributed by atoms with Gasteiger partial charge in [-0.25, -0.2) is 4.99 Å². The van der Waals surface area contributed by atoms with E-state index in [0.717, 1.165) is 28.1 Å². The second-order valence-electron chi connectivity index (χ2n) is 15.9. The van der Waals surface area contributed by atoms with E-state index >= 15 is 0 Å². The van der Waals surface area contributed by atoms with Gasteiger partial charge in [-0.2, -0.15) is 0 Å². The van der Waals surface area contributed by atoms with Gasteiger partial charge in [0.15, 0.2) is 0 Å². The SMILES string of the molecule is c1ccc(C2N=C(c3cccc(-c4c(-c5ccc6c(c5)C5(c7ccccc7-c7ccccc75)c5ccccc5-6)ccc5ccccc45)c3)NC(c3ccccc3)N2)cc1. The molecule has 2 aliphatic carbocycles. The number of nitrogens with zero attached hydrogens (tertiary/aromatic N) is 1. The van der Waals surface area contributed by atoms with Crippen molar-refractivity contribution in [3.05, 3.63) is 251 Å². The molecular formula is C56H39N3. The van der Waals surface area contributed by atoms with Crippen LogP contribution in [0.15, 0.2) is 217 Å². The number of fused-ring (bicyclic) bond motifs is 11. The maximum atomic E-state index is 5.31. The molecule has 3 aliphatic rings. The molecule has 3 nitrogen and oxygen atoms in total. The minimum Gasteiger partial charge on any atom is -0.350 e. The Balaban J connectivity index is 1.04. The summed E-state index contributed by atoms with van der Waals surface area (Å²) in [5.74, 6) is 0.867. The van der Waals surface area contributed by atoms with Crippen molar-refractivity contribution in [3.8, 4) is 44.5 Å². The molecule has 0 fully saturated rings. The van der Waals surface area contributed by atoms with E-state index in [9.17, 15) is 0 Å². The lowest BCUT2D eigenvalue weighted by Crippen LogP contribution is -2.44. The quantitative estimate of drug-likeness (QED) is 0.184. The molecule has 2 atom stereocenters. The van der Waals surface area contributed by atoms with Crippen molar-refractivity contribution in [1.29, 1.82) is 0 Å². The Morgan fingerprint density at radius 2 is 0.949 bits per heavy atom. The molecule has 278 valence electrons. The van der Waals surface area contributed by atoms with Gasteiger partial charge in [-0.1, -0.05) is 200 Å². The highest BCUT2D eigenvalue weighted by Crippen LogP contribution is 2.63. The third kappa shape index (κ3) is 5.15. The van der Waals surface area contributed by atoms with E-state index < -0.39 is 5.41 Å². The van der Waals surface area contributed by atoms with Gasteiger partial charge >= 0.3 is 0 Å².